The van der Waals surface area contributed by atoms with Gasteiger partial charge in [0.1, 0.15) is 5.52 Å². The fourth-order valence-corrected chi connectivity index (χ4v) is 2.48. The van der Waals surface area contributed by atoms with Crippen LogP contribution in [0.4, 0.5) is 5.82 Å². The van der Waals surface area contributed by atoms with Crippen molar-refractivity contribution in [1.29, 1.82) is 0 Å². The summed E-state index contributed by atoms with van der Waals surface area (Å²) in [4.78, 5) is 6.75. The van der Waals surface area contributed by atoms with Crippen LogP contribution in [0.3, 0.4) is 0 Å². The van der Waals surface area contributed by atoms with Crippen molar-refractivity contribution in [2.75, 3.05) is 24.4 Å². The zero-order valence-electron chi connectivity index (χ0n) is 13.4. The van der Waals surface area contributed by atoms with Gasteiger partial charge in [0.25, 0.3) is 0 Å². The maximum Gasteiger partial charge on any atom is 0.154 e. The fraction of sp³-hybridized carbons (Fsp3) is 0.625. The first-order chi connectivity index (χ1) is 9.93. The Morgan fingerprint density at radius 3 is 2.67 bits per heavy atom. The Labute approximate surface area is 132 Å². The summed E-state index contributed by atoms with van der Waals surface area (Å²) < 4.78 is 1.93. The summed E-state index contributed by atoms with van der Waals surface area (Å²) in [6.45, 7) is 7.52. The van der Waals surface area contributed by atoms with E-state index in [4.69, 9.17) is 11.6 Å². The van der Waals surface area contributed by atoms with Crippen molar-refractivity contribution in [3.8, 4) is 0 Å². The van der Waals surface area contributed by atoms with E-state index < -0.39 is 0 Å². The fourth-order valence-electron chi connectivity index (χ4n) is 2.30. The molecule has 0 unspecified atom stereocenters. The van der Waals surface area contributed by atoms with Gasteiger partial charge < -0.3 is 4.90 Å². The first kappa shape index (κ1) is 16.1. The van der Waals surface area contributed by atoms with Gasteiger partial charge in [-0.2, -0.15) is 5.10 Å². The van der Waals surface area contributed by atoms with Gasteiger partial charge in [0, 0.05) is 37.3 Å². The Kier molecular flexibility index (Phi) is 5.09. The van der Waals surface area contributed by atoms with Crippen LogP contribution in [0.15, 0.2) is 18.5 Å². The number of rotatable bonds is 6. The highest BCUT2D eigenvalue weighted by Crippen LogP contribution is 2.25. The molecule has 0 fully saturated rings. The molecule has 0 spiro atoms. The summed E-state index contributed by atoms with van der Waals surface area (Å²) in [5.41, 5.74) is 2.21. The van der Waals surface area contributed by atoms with E-state index in [2.05, 4.69) is 48.9 Å². The molecule has 0 amide bonds. The zero-order valence-corrected chi connectivity index (χ0v) is 14.2. The van der Waals surface area contributed by atoms with E-state index in [-0.39, 0.29) is 5.41 Å². The molecule has 21 heavy (non-hydrogen) atoms. The minimum absolute atomic E-state index is 0.0439. The lowest BCUT2D eigenvalue weighted by atomic mass is 9.92. The maximum atomic E-state index is 5.72. The molecule has 0 saturated heterocycles. The average Bonchev–Trinajstić information content (AvgIpc) is 2.87. The van der Waals surface area contributed by atoms with E-state index in [9.17, 15) is 0 Å². The molecule has 0 aromatic carbocycles. The molecule has 4 nitrogen and oxygen atoms in total. The van der Waals surface area contributed by atoms with Crippen LogP contribution in [0.1, 0.15) is 45.7 Å². The third-order valence-electron chi connectivity index (χ3n) is 3.63. The molecule has 0 N–H and O–H groups in total. The summed E-state index contributed by atoms with van der Waals surface area (Å²) in [5.74, 6) is 1.74. The van der Waals surface area contributed by atoms with E-state index >= 15 is 0 Å². The molecule has 0 aliphatic heterocycles. The molecule has 0 bridgehead atoms. The van der Waals surface area contributed by atoms with E-state index in [0.29, 0.717) is 0 Å². The smallest absolute Gasteiger partial charge is 0.154 e. The standard InChI is InChI=1S/C16H25ClN4/c1-16(2,3)14-12-13-15(18-9-11-21(13)19-14)20(4)10-7-5-6-8-17/h9,11-12H,5-8,10H2,1-4H3. The van der Waals surface area contributed by atoms with Crippen LogP contribution in [-0.4, -0.2) is 34.1 Å². The van der Waals surface area contributed by atoms with E-state index in [1.165, 1.54) is 0 Å². The van der Waals surface area contributed by atoms with Gasteiger partial charge in [0.05, 0.1) is 5.69 Å². The quantitative estimate of drug-likeness (QED) is 0.600. The number of nitrogens with zero attached hydrogens (tertiary/aromatic N) is 4. The highest BCUT2D eigenvalue weighted by atomic mass is 35.5. The van der Waals surface area contributed by atoms with Gasteiger partial charge in [0.15, 0.2) is 5.82 Å². The van der Waals surface area contributed by atoms with Gasteiger partial charge in [0.2, 0.25) is 0 Å². The first-order valence-corrected chi connectivity index (χ1v) is 8.09. The second-order valence-electron chi connectivity index (χ2n) is 6.53. The number of hydrogen-bond acceptors (Lipinski definition) is 3. The number of aromatic nitrogens is 3. The lowest BCUT2D eigenvalue weighted by Gasteiger charge is -2.18. The summed E-state index contributed by atoms with van der Waals surface area (Å²) >= 11 is 5.72. The second-order valence-corrected chi connectivity index (χ2v) is 6.91. The highest BCUT2D eigenvalue weighted by Gasteiger charge is 2.19. The molecule has 2 heterocycles. The lowest BCUT2D eigenvalue weighted by molar-refractivity contribution is 0.562. The van der Waals surface area contributed by atoms with Gasteiger partial charge in [-0.25, -0.2) is 9.50 Å². The Bertz CT molecular complexity index is 585. The topological polar surface area (TPSA) is 33.4 Å². The highest BCUT2D eigenvalue weighted by molar-refractivity contribution is 6.17. The first-order valence-electron chi connectivity index (χ1n) is 7.55. The summed E-state index contributed by atoms with van der Waals surface area (Å²) in [6.07, 6.45) is 7.09. The lowest BCUT2D eigenvalue weighted by Crippen LogP contribution is -2.20. The van der Waals surface area contributed by atoms with Crippen molar-refractivity contribution < 1.29 is 0 Å². The van der Waals surface area contributed by atoms with Crippen LogP contribution >= 0.6 is 11.6 Å². The number of hydrogen-bond donors (Lipinski definition) is 0. The SMILES string of the molecule is CN(CCCCCCl)c1nccn2nc(C(C)(C)C)cc12. The predicted molar refractivity (Wildman–Crippen MR) is 89.5 cm³/mol. The molecule has 0 atom stereocenters. The Morgan fingerprint density at radius 1 is 1.24 bits per heavy atom. The number of halogens is 1. The number of fused-ring (bicyclic) bond motifs is 1. The number of alkyl halides is 1. The monoisotopic (exact) mass is 308 g/mol. The normalized spacial score (nSPS) is 12.0. The van der Waals surface area contributed by atoms with Crippen LogP contribution in [0, 0.1) is 0 Å². The molecule has 0 aliphatic carbocycles. The second kappa shape index (κ2) is 6.65. The van der Waals surface area contributed by atoms with Gasteiger partial charge >= 0.3 is 0 Å². The molecule has 2 aromatic heterocycles. The van der Waals surface area contributed by atoms with Crippen LogP contribution in [-0.2, 0) is 5.41 Å². The summed E-state index contributed by atoms with van der Waals surface area (Å²) in [7, 11) is 2.09. The van der Waals surface area contributed by atoms with Crippen molar-refractivity contribution in [3.63, 3.8) is 0 Å². The van der Waals surface area contributed by atoms with Crippen LogP contribution in [0.2, 0.25) is 0 Å². The molecule has 0 aliphatic rings. The molecular formula is C16H25ClN4. The predicted octanol–water partition coefficient (Wildman–Crippen LogP) is 3.87. The third kappa shape index (κ3) is 3.88. The average molecular weight is 309 g/mol. The van der Waals surface area contributed by atoms with Crippen molar-refractivity contribution in [2.45, 2.75) is 45.4 Å². The summed E-state index contributed by atoms with van der Waals surface area (Å²) in [5, 5.41) is 4.67. The van der Waals surface area contributed by atoms with Crippen molar-refractivity contribution in [3.05, 3.63) is 24.2 Å². The molecule has 2 aromatic rings. The third-order valence-corrected chi connectivity index (χ3v) is 3.89. The van der Waals surface area contributed by atoms with Gasteiger partial charge in [-0.05, 0) is 18.9 Å². The zero-order chi connectivity index (χ0) is 15.5. The summed E-state index contributed by atoms with van der Waals surface area (Å²) in [6, 6.07) is 2.15. The van der Waals surface area contributed by atoms with Crippen LogP contribution in [0.25, 0.3) is 5.52 Å². The Morgan fingerprint density at radius 2 is 2.00 bits per heavy atom. The van der Waals surface area contributed by atoms with E-state index in [1.807, 2.05) is 16.9 Å². The van der Waals surface area contributed by atoms with Crippen molar-refractivity contribution >= 4 is 22.9 Å². The maximum absolute atomic E-state index is 5.72. The number of anilines is 1. The minimum Gasteiger partial charge on any atom is -0.358 e. The van der Waals surface area contributed by atoms with E-state index in [0.717, 1.165) is 48.7 Å². The van der Waals surface area contributed by atoms with Gasteiger partial charge in [-0.3, -0.25) is 0 Å². The largest absolute Gasteiger partial charge is 0.358 e. The number of unbranched alkanes of at least 4 members (excludes halogenated alkanes) is 2. The van der Waals surface area contributed by atoms with Crippen LogP contribution in [0.5, 0.6) is 0 Å². The molecule has 2 rings (SSSR count). The molecular weight excluding hydrogens is 284 g/mol. The molecule has 116 valence electrons. The Balaban J connectivity index is 2.21. The minimum atomic E-state index is 0.0439. The molecule has 0 radical (unpaired) electrons. The van der Waals surface area contributed by atoms with Gasteiger partial charge in [-0.15, -0.1) is 11.6 Å². The van der Waals surface area contributed by atoms with Crippen molar-refractivity contribution in [2.24, 2.45) is 0 Å². The molecule has 5 heteroatoms. The molecule has 0 saturated carbocycles. The van der Waals surface area contributed by atoms with Gasteiger partial charge in [-0.1, -0.05) is 27.2 Å². The van der Waals surface area contributed by atoms with Crippen LogP contribution < -0.4 is 4.90 Å². The van der Waals surface area contributed by atoms with Crippen molar-refractivity contribution in [1.82, 2.24) is 14.6 Å². The Hall–Kier alpha value is -1.29. The van der Waals surface area contributed by atoms with E-state index in [1.54, 1.807) is 0 Å².